The van der Waals surface area contributed by atoms with Crippen molar-refractivity contribution in [2.75, 3.05) is 13.2 Å². The Morgan fingerprint density at radius 3 is 1.17 bits per heavy atom. The molecule has 136 valence electrons. The van der Waals surface area contributed by atoms with Crippen molar-refractivity contribution < 1.29 is 19.8 Å². The molecule has 23 heavy (non-hydrogen) atoms. The summed E-state index contributed by atoms with van der Waals surface area (Å²) in [6.45, 7) is 14.1. The second kappa shape index (κ2) is 7.62. The highest BCUT2D eigenvalue weighted by Gasteiger charge is 2.40. The van der Waals surface area contributed by atoms with Gasteiger partial charge in [-0.2, -0.15) is 0 Å². The first-order chi connectivity index (χ1) is 10.2. The molecule has 0 aliphatic heterocycles. The summed E-state index contributed by atoms with van der Waals surface area (Å²) < 4.78 is 0. The van der Waals surface area contributed by atoms with E-state index < -0.39 is 29.3 Å². The summed E-state index contributed by atoms with van der Waals surface area (Å²) in [5.74, 6) is -0.899. The molecule has 6 nitrogen and oxygen atoms in total. The summed E-state index contributed by atoms with van der Waals surface area (Å²) in [5, 5.41) is 24.4. The van der Waals surface area contributed by atoms with Crippen LogP contribution in [0, 0.1) is 16.2 Å². The molecule has 0 bridgehead atoms. The maximum absolute atomic E-state index is 12.5. The SMILES string of the molecule is CC(C)(C(=O)N[C@H](CO)C(C)(C)C)C(=O)N[C@H](CO)C(C)(C)C. The van der Waals surface area contributed by atoms with Crippen LogP contribution in [-0.4, -0.2) is 47.3 Å². The minimum Gasteiger partial charge on any atom is -0.394 e. The molecule has 0 spiro atoms. The van der Waals surface area contributed by atoms with Gasteiger partial charge in [-0.15, -0.1) is 0 Å². The van der Waals surface area contributed by atoms with Gasteiger partial charge in [-0.05, 0) is 24.7 Å². The number of hydrogen-bond donors (Lipinski definition) is 4. The van der Waals surface area contributed by atoms with E-state index in [1.807, 2.05) is 41.5 Å². The molecule has 2 atom stereocenters. The van der Waals surface area contributed by atoms with Crippen LogP contribution < -0.4 is 10.6 Å². The van der Waals surface area contributed by atoms with Gasteiger partial charge in [-0.25, -0.2) is 0 Å². The van der Waals surface area contributed by atoms with E-state index >= 15 is 0 Å². The average Bonchev–Trinajstić information content (AvgIpc) is 2.38. The zero-order valence-corrected chi connectivity index (χ0v) is 15.8. The number of aliphatic hydroxyl groups is 2. The molecule has 0 saturated carbocycles. The molecule has 0 heterocycles. The summed E-state index contributed by atoms with van der Waals surface area (Å²) in [4.78, 5) is 25.0. The lowest BCUT2D eigenvalue weighted by atomic mass is 9.83. The molecule has 0 aromatic heterocycles. The Bertz CT molecular complexity index is 381. The van der Waals surface area contributed by atoms with E-state index in [4.69, 9.17) is 0 Å². The van der Waals surface area contributed by atoms with Crippen molar-refractivity contribution in [3.63, 3.8) is 0 Å². The molecule has 0 saturated heterocycles. The van der Waals surface area contributed by atoms with Gasteiger partial charge in [0.25, 0.3) is 0 Å². The molecule has 0 radical (unpaired) electrons. The van der Waals surface area contributed by atoms with Crippen molar-refractivity contribution in [1.82, 2.24) is 10.6 Å². The molecule has 0 aliphatic carbocycles. The molecule has 0 aliphatic rings. The minimum atomic E-state index is -1.31. The van der Waals surface area contributed by atoms with E-state index in [9.17, 15) is 19.8 Å². The fourth-order valence-corrected chi connectivity index (χ4v) is 1.85. The standard InChI is InChI=1S/C17H34N2O4/c1-15(2,3)11(9-20)18-13(22)17(7,8)14(23)19-12(10-21)16(4,5)6/h11-12,20-21H,9-10H2,1-8H3,(H,18,22)(H,19,23)/t11-,12-/m1/s1. The molecule has 0 fully saturated rings. The van der Waals surface area contributed by atoms with E-state index in [2.05, 4.69) is 10.6 Å². The molecular formula is C17H34N2O4. The molecule has 0 aromatic carbocycles. The van der Waals surface area contributed by atoms with E-state index in [0.29, 0.717) is 0 Å². The first kappa shape index (κ1) is 21.9. The highest BCUT2D eigenvalue weighted by Crippen LogP contribution is 2.24. The molecule has 0 unspecified atom stereocenters. The number of amides is 2. The highest BCUT2D eigenvalue weighted by molar-refractivity contribution is 6.04. The number of hydrogen-bond acceptors (Lipinski definition) is 4. The van der Waals surface area contributed by atoms with Gasteiger partial charge in [0, 0.05) is 0 Å². The molecular weight excluding hydrogens is 296 g/mol. The largest absolute Gasteiger partial charge is 0.394 e. The second-order valence-electron chi connectivity index (χ2n) is 8.77. The third-order valence-electron chi connectivity index (χ3n) is 4.20. The zero-order chi connectivity index (χ0) is 18.6. The minimum absolute atomic E-state index is 0.200. The van der Waals surface area contributed by atoms with Gasteiger partial charge in [0.2, 0.25) is 11.8 Å². The van der Waals surface area contributed by atoms with Crippen molar-refractivity contribution in [3.05, 3.63) is 0 Å². The van der Waals surface area contributed by atoms with Crippen LogP contribution in [0.3, 0.4) is 0 Å². The van der Waals surface area contributed by atoms with Crippen LogP contribution in [0.5, 0.6) is 0 Å². The molecule has 6 heteroatoms. The third kappa shape index (κ3) is 6.11. The van der Waals surface area contributed by atoms with Gasteiger partial charge in [-0.1, -0.05) is 41.5 Å². The average molecular weight is 330 g/mol. The fourth-order valence-electron chi connectivity index (χ4n) is 1.85. The van der Waals surface area contributed by atoms with Gasteiger partial charge in [0.05, 0.1) is 25.3 Å². The molecule has 2 amide bonds. The monoisotopic (exact) mass is 330 g/mol. The summed E-state index contributed by atoms with van der Waals surface area (Å²) in [6, 6.07) is -0.892. The third-order valence-corrected chi connectivity index (χ3v) is 4.20. The topological polar surface area (TPSA) is 98.7 Å². The van der Waals surface area contributed by atoms with Crippen molar-refractivity contribution in [2.45, 2.75) is 67.5 Å². The van der Waals surface area contributed by atoms with Gasteiger partial charge in [0.1, 0.15) is 5.41 Å². The van der Waals surface area contributed by atoms with Gasteiger partial charge < -0.3 is 20.8 Å². The van der Waals surface area contributed by atoms with Crippen LogP contribution in [0.15, 0.2) is 0 Å². The maximum atomic E-state index is 12.5. The van der Waals surface area contributed by atoms with Crippen molar-refractivity contribution >= 4 is 11.8 Å². The zero-order valence-electron chi connectivity index (χ0n) is 15.8. The Morgan fingerprint density at radius 2 is 1.00 bits per heavy atom. The predicted molar refractivity (Wildman–Crippen MR) is 90.7 cm³/mol. The smallest absolute Gasteiger partial charge is 0.235 e. The van der Waals surface area contributed by atoms with Crippen molar-refractivity contribution in [3.8, 4) is 0 Å². The first-order valence-corrected chi connectivity index (χ1v) is 8.01. The number of carbonyl (C=O) groups is 2. The molecule has 0 rings (SSSR count). The van der Waals surface area contributed by atoms with Crippen LogP contribution in [-0.2, 0) is 9.59 Å². The predicted octanol–water partition coefficient (Wildman–Crippen LogP) is 1.06. The Morgan fingerprint density at radius 1 is 0.739 bits per heavy atom. The van der Waals surface area contributed by atoms with Gasteiger partial charge in [-0.3, -0.25) is 9.59 Å². The number of aliphatic hydroxyl groups excluding tert-OH is 2. The van der Waals surface area contributed by atoms with Crippen LogP contribution in [0.2, 0.25) is 0 Å². The van der Waals surface area contributed by atoms with E-state index in [1.165, 1.54) is 13.8 Å². The lowest BCUT2D eigenvalue weighted by Gasteiger charge is -2.35. The number of rotatable bonds is 6. The van der Waals surface area contributed by atoms with E-state index in [0.717, 1.165) is 0 Å². The number of nitrogens with one attached hydrogen (secondary N) is 2. The molecule has 4 N–H and O–H groups in total. The Kier molecular flexibility index (Phi) is 7.24. The van der Waals surface area contributed by atoms with Crippen LogP contribution in [0.4, 0.5) is 0 Å². The first-order valence-electron chi connectivity index (χ1n) is 8.01. The lowest BCUT2D eigenvalue weighted by molar-refractivity contribution is -0.143. The summed E-state index contributed by atoms with van der Waals surface area (Å²) >= 11 is 0. The van der Waals surface area contributed by atoms with E-state index in [1.54, 1.807) is 0 Å². The summed E-state index contributed by atoms with van der Waals surface area (Å²) in [6.07, 6.45) is 0. The summed E-state index contributed by atoms with van der Waals surface area (Å²) in [7, 11) is 0. The quantitative estimate of drug-likeness (QED) is 0.547. The second-order valence-corrected chi connectivity index (χ2v) is 8.77. The highest BCUT2D eigenvalue weighted by atomic mass is 16.3. The van der Waals surface area contributed by atoms with Crippen molar-refractivity contribution in [1.29, 1.82) is 0 Å². The van der Waals surface area contributed by atoms with Crippen molar-refractivity contribution in [2.24, 2.45) is 16.2 Å². The Balaban J connectivity index is 5.09. The van der Waals surface area contributed by atoms with Crippen LogP contribution in [0.25, 0.3) is 0 Å². The number of carbonyl (C=O) groups excluding carboxylic acids is 2. The van der Waals surface area contributed by atoms with E-state index in [-0.39, 0.29) is 24.0 Å². The Hall–Kier alpha value is -1.14. The Labute approximate surface area is 140 Å². The van der Waals surface area contributed by atoms with Crippen LogP contribution in [0.1, 0.15) is 55.4 Å². The van der Waals surface area contributed by atoms with Gasteiger partial charge in [0.15, 0.2) is 0 Å². The van der Waals surface area contributed by atoms with Crippen LogP contribution >= 0.6 is 0 Å². The maximum Gasteiger partial charge on any atom is 0.235 e. The normalized spacial score (nSPS) is 15.7. The van der Waals surface area contributed by atoms with Gasteiger partial charge >= 0.3 is 0 Å². The molecule has 0 aromatic rings. The lowest BCUT2D eigenvalue weighted by Crippen LogP contribution is -2.57. The summed E-state index contributed by atoms with van der Waals surface area (Å²) in [5.41, 5.74) is -1.96. The fraction of sp³-hybridized carbons (Fsp3) is 0.882.